The van der Waals surface area contributed by atoms with Gasteiger partial charge in [0, 0.05) is 21.0 Å². The fourth-order valence-corrected chi connectivity index (χ4v) is 3.31. The van der Waals surface area contributed by atoms with Crippen LogP contribution in [0.1, 0.15) is 18.1 Å². The Morgan fingerprint density at radius 3 is 2.68 bits per heavy atom. The number of ether oxygens (including phenoxy) is 1. The number of hydrogen-bond donors (Lipinski definition) is 2. The number of carboxylic acids is 1. The molecule has 0 atom stereocenters. The van der Waals surface area contributed by atoms with Crippen LogP contribution in [0.25, 0.3) is 22.2 Å². The molecule has 0 saturated carbocycles. The van der Waals surface area contributed by atoms with E-state index in [1.54, 1.807) is 24.3 Å². The summed E-state index contributed by atoms with van der Waals surface area (Å²) in [6.07, 6.45) is -0.117. The van der Waals surface area contributed by atoms with Crippen molar-refractivity contribution in [3.05, 3.63) is 51.5 Å². The Bertz CT molecular complexity index is 963. The molecule has 3 rings (SSSR count). The minimum atomic E-state index is -0.908. The maximum atomic E-state index is 11.4. The van der Waals surface area contributed by atoms with E-state index in [2.05, 4.69) is 4.98 Å². The van der Waals surface area contributed by atoms with Crippen molar-refractivity contribution >= 4 is 40.1 Å². The monoisotopic (exact) mass is 377 g/mol. The maximum absolute atomic E-state index is 11.4. The summed E-state index contributed by atoms with van der Waals surface area (Å²) in [4.78, 5) is 14.8. The molecule has 1 aromatic heterocycles. The highest BCUT2D eigenvalue weighted by Crippen LogP contribution is 2.39. The quantitative estimate of drug-likeness (QED) is 0.618. The Morgan fingerprint density at radius 1 is 1.24 bits per heavy atom. The zero-order valence-electron chi connectivity index (χ0n) is 13.8. The van der Waals surface area contributed by atoms with Crippen molar-refractivity contribution in [1.29, 1.82) is 0 Å². The molecule has 0 spiro atoms. The van der Waals surface area contributed by atoms with Gasteiger partial charge in [0.05, 0.1) is 24.2 Å². The molecule has 4 nitrogen and oxygen atoms in total. The Morgan fingerprint density at radius 2 is 2.00 bits per heavy atom. The van der Waals surface area contributed by atoms with Gasteiger partial charge in [0.25, 0.3) is 0 Å². The normalized spacial score (nSPS) is 11.0. The van der Waals surface area contributed by atoms with Crippen LogP contribution in [0.5, 0.6) is 5.75 Å². The number of nitrogens with one attached hydrogen (secondary N) is 1. The molecule has 0 unspecified atom stereocenters. The van der Waals surface area contributed by atoms with Crippen molar-refractivity contribution in [2.75, 3.05) is 6.61 Å². The van der Waals surface area contributed by atoms with Crippen LogP contribution in [0, 0.1) is 6.92 Å². The van der Waals surface area contributed by atoms with E-state index < -0.39 is 5.97 Å². The van der Waals surface area contributed by atoms with E-state index in [1.165, 1.54) is 0 Å². The van der Waals surface area contributed by atoms with Crippen molar-refractivity contribution in [1.82, 2.24) is 4.98 Å². The van der Waals surface area contributed by atoms with Gasteiger partial charge in [-0.15, -0.1) is 0 Å². The number of fused-ring (bicyclic) bond motifs is 1. The highest BCUT2D eigenvalue weighted by molar-refractivity contribution is 6.32. The molecule has 0 fully saturated rings. The number of H-pyrrole nitrogens is 1. The second kappa shape index (κ2) is 6.98. The van der Waals surface area contributed by atoms with Crippen LogP contribution in [-0.4, -0.2) is 22.7 Å². The van der Waals surface area contributed by atoms with Gasteiger partial charge in [-0.2, -0.15) is 0 Å². The van der Waals surface area contributed by atoms with Crippen LogP contribution < -0.4 is 4.74 Å². The molecule has 0 aliphatic carbocycles. The minimum absolute atomic E-state index is 0.117. The number of aromatic amines is 1. The third-order valence-corrected chi connectivity index (χ3v) is 4.76. The molecule has 130 valence electrons. The molecule has 0 amide bonds. The summed E-state index contributed by atoms with van der Waals surface area (Å²) in [5.41, 5.74) is 3.80. The SMILES string of the molecule is CCOc1ccc(Cl)cc1-c1[nH]c2c(C)c(Cl)ccc2c1CC(=O)O. The number of hydrogen-bond acceptors (Lipinski definition) is 2. The number of rotatable bonds is 5. The van der Waals surface area contributed by atoms with Gasteiger partial charge in [0.1, 0.15) is 5.75 Å². The molecule has 6 heteroatoms. The first-order chi connectivity index (χ1) is 11.9. The van der Waals surface area contributed by atoms with E-state index in [4.69, 9.17) is 27.9 Å². The van der Waals surface area contributed by atoms with Gasteiger partial charge in [-0.1, -0.05) is 29.3 Å². The molecule has 3 aromatic rings. The highest BCUT2D eigenvalue weighted by Gasteiger charge is 2.20. The molecule has 1 heterocycles. The molecule has 0 aliphatic heterocycles. The topological polar surface area (TPSA) is 62.3 Å². The van der Waals surface area contributed by atoms with Crippen molar-refractivity contribution in [3.63, 3.8) is 0 Å². The highest BCUT2D eigenvalue weighted by atomic mass is 35.5. The van der Waals surface area contributed by atoms with Crippen molar-refractivity contribution in [3.8, 4) is 17.0 Å². The second-order valence-electron chi connectivity index (χ2n) is 5.72. The summed E-state index contributed by atoms with van der Waals surface area (Å²) >= 11 is 12.4. The predicted molar refractivity (Wildman–Crippen MR) is 101 cm³/mol. The first-order valence-corrected chi connectivity index (χ1v) is 8.62. The Balaban J connectivity index is 2.34. The molecule has 0 bridgehead atoms. The van der Waals surface area contributed by atoms with Gasteiger partial charge < -0.3 is 14.8 Å². The van der Waals surface area contributed by atoms with E-state index in [-0.39, 0.29) is 6.42 Å². The zero-order chi connectivity index (χ0) is 18.1. The average molecular weight is 378 g/mol. The van der Waals surface area contributed by atoms with Crippen LogP contribution >= 0.6 is 23.2 Å². The maximum Gasteiger partial charge on any atom is 0.307 e. The van der Waals surface area contributed by atoms with Crippen molar-refractivity contribution < 1.29 is 14.6 Å². The van der Waals surface area contributed by atoms with Crippen LogP contribution in [0.3, 0.4) is 0 Å². The number of aliphatic carboxylic acids is 1. The number of halogens is 2. The van der Waals surface area contributed by atoms with E-state index in [1.807, 2.05) is 19.9 Å². The Hall–Kier alpha value is -2.17. The summed E-state index contributed by atoms with van der Waals surface area (Å²) in [6, 6.07) is 8.94. The molecule has 0 saturated heterocycles. The first-order valence-electron chi connectivity index (χ1n) is 7.86. The number of aromatic nitrogens is 1. The third-order valence-electron chi connectivity index (χ3n) is 4.11. The lowest BCUT2D eigenvalue weighted by molar-refractivity contribution is -0.136. The van der Waals surface area contributed by atoms with E-state index in [0.717, 1.165) is 22.0 Å². The molecular weight excluding hydrogens is 361 g/mol. The van der Waals surface area contributed by atoms with E-state index in [9.17, 15) is 9.90 Å². The lowest BCUT2D eigenvalue weighted by atomic mass is 10.0. The lowest BCUT2D eigenvalue weighted by Gasteiger charge is -2.11. The van der Waals surface area contributed by atoms with Crippen LogP contribution in [-0.2, 0) is 11.2 Å². The molecule has 2 N–H and O–H groups in total. The first kappa shape index (κ1) is 17.6. The minimum Gasteiger partial charge on any atom is -0.493 e. The summed E-state index contributed by atoms with van der Waals surface area (Å²) in [5, 5.41) is 11.4. The summed E-state index contributed by atoms with van der Waals surface area (Å²) in [6.45, 7) is 4.29. The smallest absolute Gasteiger partial charge is 0.307 e. The van der Waals surface area contributed by atoms with Crippen LogP contribution in [0.2, 0.25) is 10.0 Å². The van der Waals surface area contributed by atoms with Gasteiger partial charge in [-0.3, -0.25) is 4.79 Å². The molecule has 2 aromatic carbocycles. The van der Waals surface area contributed by atoms with Gasteiger partial charge in [-0.25, -0.2) is 0 Å². The van der Waals surface area contributed by atoms with Crippen LogP contribution in [0.4, 0.5) is 0 Å². The van der Waals surface area contributed by atoms with E-state index in [0.29, 0.717) is 33.7 Å². The number of benzene rings is 2. The molecular formula is C19H17Cl2NO3. The van der Waals surface area contributed by atoms with Gasteiger partial charge in [0.15, 0.2) is 0 Å². The fourth-order valence-electron chi connectivity index (χ4n) is 2.98. The van der Waals surface area contributed by atoms with Gasteiger partial charge >= 0.3 is 5.97 Å². The zero-order valence-corrected chi connectivity index (χ0v) is 15.3. The lowest BCUT2D eigenvalue weighted by Crippen LogP contribution is -2.02. The summed E-state index contributed by atoms with van der Waals surface area (Å²) in [5.74, 6) is -0.261. The Labute approximate surface area is 155 Å². The Kier molecular flexibility index (Phi) is 4.93. The van der Waals surface area contributed by atoms with Crippen molar-refractivity contribution in [2.24, 2.45) is 0 Å². The number of aryl methyl sites for hydroxylation is 1. The largest absolute Gasteiger partial charge is 0.493 e. The van der Waals surface area contributed by atoms with Gasteiger partial charge in [-0.05, 0) is 49.2 Å². The average Bonchev–Trinajstić information content (AvgIpc) is 2.91. The van der Waals surface area contributed by atoms with Gasteiger partial charge in [0.2, 0.25) is 0 Å². The second-order valence-corrected chi connectivity index (χ2v) is 6.56. The molecule has 25 heavy (non-hydrogen) atoms. The molecule has 0 aliphatic rings. The summed E-state index contributed by atoms with van der Waals surface area (Å²) in [7, 11) is 0. The number of carbonyl (C=O) groups is 1. The summed E-state index contributed by atoms with van der Waals surface area (Å²) < 4.78 is 5.70. The molecule has 0 radical (unpaired) electrons. The fraction of sp³-hybridized carbons (Fsp3) is 0.211. The third kappa shape index (κ3) is 3.32. The van der Waals surface area contributed by atoms with E-state index >= 15 is 0 Å². The van der Waals surface area contributed by atoms with Crippen molar-refractivity contribution in [2.45, 2.75) is 20.3 Å². The standard InChI is InChI=1S/C19H17Cl2NO3/c1-3-25-16-7-4-11(20)8-14(16)19-13(9-17(23)24)12-5-6-15(21)10(2)18(12)22-19/h4-8,22H,3,9H2,1-2H3,(H,23,24). The number of carboxylic acid groups (broad SMARTS) is 1. The predicted octanol–water partition coefficient (Wildman–Crippen LogP) is 5.48. The van der Waals surface area contributed by atoms with Crippen LogP contribution in [0.15, 0.2) is 30.3 Å².